The SMILES string of the molecule is CCN(CC)CCCOc1cccc2c1ccc1c(C)cc(=O)oc12. The van der Waals surface area contributed by atoms with Crippen LogP contribution in [0.3, 0.4) is 0 Å². The van der Waals surface area contributed by atoms with Gasteiger partial charge in [-0.2, -0.15) is 0 Å². The average Bonchev–Trinajstić information content (AvgIpc) is 2.61. The van der Waals surface area contributed by atoms with Gasteiger partial charge in [0.25, 0.3) is 0 Å². The fourth-order valence-electron chi connectivity index (χ4n) is 3.24. The van der Waals surface area contributed by atoms with Crippen LogP contribution in [0.2, 0.25) is 0 Å². The first-order chi connectivity index (χ1) is 12.1. The van der Waals surface area contributed by atoms with Crippen molar-refractivity contribution < 1.29 is 9.15 Å². The quantitative estimate of drug-likeness (QED) is 0.364. The Balaban J connectivity index is 1.87. The Hall–Kier alpha value is -2.33. The summed E-state index contributed by atoms with van der Waals surface area (Å²) in [5, 5.41) is 2.86. The van der Waals surface area contributed by atoms with Gasteiger partial charge in [0, 0.05) is 28.8 Å². The first-order valence-corrected chi connectivity index (χ1v) is 8.95. The van der Waals surface area contributed by atoms with Crippen LogP contribution in [0.1, 0.15) is 25.8 Å². The molecule has 0 bridgehead atoms. The molecule has 0 saturated heterocycles. The maximum Gasteiger partial charge on any atom is 0.336 e. The predicted octanol–water partition coefficient (Wildman–Crippen LogP) is 4.37. The number of benzene rings is 2. The van der Waals surface area contributed by atoms with E-state index in [9.17, 15) is 4.79 Å². The fourth-order valence-corrected chi connectivity index (χ4v) is 3.24. The van der Waals surface area contributed by atoms with Crippen molar-refractivity contribution in [3.63, 3.8) is 0 Å². The smallest absolute Gasteiger partial charge is 0.336 e. The Morgan fingerprint density at radius 2 is 1.80 bits per heavy atom. The second-order valence-electron chi connectivity index (χ2n) is 6.27. The van der Waals surface area contributed by atoms with Crippen molar-refractivity contribution in [3.05, 3.63) is 52.4 Å². The van der Waals surface area contributed by atoms with Gasteiger partial charge in [-0.05, 0) is 44.1 Å². The van der Waals surface area contributed by atoms with Crippen molar-refractivity contribution >= 4 is 21.7 Å². The summed E-state index contributed by atoms with van der Waals surface area (Å²) in [6, 6.07) is 11.5. The Morgan fingerprint density at radius 3 is 2.56 bits per heavy atom. The summed E-state index contributed by atoms with van der Waals surface area (Å²) in [6.45, 7) is 10.1. The van der Waals surface area contributed by atoms with E-state index in [1.807, 2.05) is 37.3 Å². The summed E-state index contributed by atoms with van der Waals surface area (Å²) < 4.78 is 11.5. The van der Waals surface area contributed by atoms with Gasteiger partial charge in [0.15, 0.2) is 0 Å². The zero-order valence-electron chi connectivity index (χ0n) is 15.2. The van der Waals surface area contributed by atoms with E-state index in [0.29, 0.717) is 12.2 Å². The summed E-state index contributed by atoms with van der Waals surface area (Å²) in [5.74, 6) is 0.836. The van der Waals surface area contributed by atoms with Crippen LogP contribution in [-0.2, 0) is 0 Å². The summed E-state index contributed by atoms with van der Waals surface area (Å²) in [5.41, 5.74) is 1.25. The van der Waals surface area contributed by atoms with Gasteiger partial charge in [0.1, 0.15) is 11.3 Å². The number of nitrogens with zero attached hydrogens (tertiary/aromatic N) is 1. The number of rotatable bonds is 7. The van der Waals surface area contributed by atoms with E-state index in [1.165, 1.54) is 6.07 Å². The molecule has 0 unspecified atom stereocenters. The summed E-state index contributed by atoms with van der Waals surface area (Å²) in [6.07, 6.45) is 0.986. The lowest BCUT2D eigenvalue weighted by atomic mass is 10.0. The average molecular weight is 339 g/mol. The molecule has 3 rings (SSSR count). The largest absolute Gasteiger partial charge is 0.493 e. The van der Waals surface area contributed by atoms with Crippen LogP contribution >= 0.6 is 0 Å². The van der Waals surface area contributed by atoms with Gasteiger partial charge in [0.05, 0.1) is 6.61 Å². The molecular formula is C21H25NO3. The Morgan fingerprint density at radius 1 is 1.04 bits per heavy atom. The highest BCUT2D eigenvalue weighted by molar-refractivity contribution is 6.07. The highest BCUT2D eigenvalue weighted by Gasteiger charge is 2.10. The van der Waals surface area contributed by atoms with Crippen molar-refractivity contribution in [2.75, 3.05) is 26.2 Å². The number of fused-ring (bicyclic) bond motifs is 3. The van der Waals surface area contributed by atoms with Gasteiger partial charge in [-0.25, -0.2) is 4.79 Å². The minimum absolute atomic E-state index is 0.317. The molecule has 4 nitrogen and oxygen atoms in total. The molecule has 0 aliphatic heterocycles. The zero-order valence-corrected chi connectivity index (χ0v) is 15.2. The van der Waals surface area contributed by atoms with Crippen molar-refractivity contribution in [1.82, 2.24) is 4.90 Å². The zero-order chi connectivity index (χ0) is 17.8. The van der Waals surface area contributed by atoms with Gasteiger partial charge in [-0.3, -0.25) is 0 Å². The predicted molar refractivity (Wildman–Crippen MR) is 103 cm³/mol. The number of hydrogen-bond donors (Lipinski definition) is 0. The first-order valence-electron chi connectivity index (χ1n) is 8.95. The molecule has 0 atom stereocenters. The molecule has 132 valence electrons. The molecule has 0 spiro atoms. The molecule has 25 heavy (non-hydrogen) atoms. The van der Waals surface area contributed by atoms with E-state index in [2.05, 4.69) is 18.7 Å². The molecule has 0 aliphatic rings. The third-order valence-electron chi connectivity index (χ3n) is 4.70. The van der Waals surface area contributed by atoms with Crippen LogP contribution in [0.15, 0.2) is 45.6 Å². The fraction of sp³-hybridized carbons (Fsp3) is 0.381. The minimum Gasteiger partial charge on any atom is -0.493 e. The number of hydrogen-bond acceptors (Lipinski definition) is 4. The van der Waals surface area contributed by atoms with Gasteiger partial charge in [-0.15, -0.1) is 0 Å². The maximum absolute atomic E-state index is 11.8. The highest BCUT2D eigenvalue weighted by Crippen LogP contribution is 2.32. The van der Waals surface area contributed by atoms with Gasteiger partial charge in [0.2, 0.25) is 0 Å². The van der Waals surface area contributed by atoms with E-state index in [4.69, 9.17) is 9.15 Å². The highest BCUT2D eigenvalue weighted by atomic mass is 16.5. The van der Waals surface area contributed by atoms with Gasteiger partial charge < -0.3 is 14.1 Å². The van der Waals surface area contributed by atoms with E-state index in [1.54, 1.807) is 0 Å². The summed E-state index contributed by atoms with van der Waals surface area (Å²) >= 11 is 0. The molecule has 2 aromatic carbocycles. The Bertz CT molecular complexity index is 925. The molecule has 0 radical (unpaired) electrons. The minimum atomic E-state index is -0.317. The first kappa shape index (κ1) is 17.5. The van der Waals surface area contributed by atoms with Crippen LogP contribution in [0.4, 0.5) is 0 Å². The topological polar surface area (TPSA) is 42.7 Å². The van der Waals surface area contributed by atoms with Crippen LogP contribution in [-0.4, -0.2) is 31.1 Å². The molecule has 4 heteroatoms. The van der Waals surface area contributed by atoms with Crippen LogP contribution < -0.4 is 10.4 Å². The number of aryl methyl sites for hydroxylation is 1. The third kappa shape index (κ3) is 3.69. The van der Waals surface area contributed by atoms with Gasteiger partial charge in [-0.1, -0.05) is 32.0 Å². The Kier molecular flexibility index (Phi) is 5.39. The second kappa shape index (κ2) is 7.70. The van der Waals surface area contributed by atoms with E-state index in [0.717, 1.165) is 53.5 Å². The summed E-state index contributed by atoms with van der Waals surface area (Å²) in [4.78, 5) is 14.1. The molecule has 0 fully saturated rings. The van der Waals surface area contributed by atoms with Crippen LogP contribution in [0.25, 0.3) is 21.7 Å². The maximum atomic E-state index is 11.8. The van der Waals surface area contributed by atoms with Crippen molar-refractivity contribution in [2.45, 2.75) is 27.2 Å². The van der Waals surface area contributed by atoms with Crippen LogP contribution in [0, 0.1) is 6.92 Å². The summed E-state index contributed by atoms with van der Waals surface area (Å²) in [7, 11) is 0. The molecule has 3 aromatic rings. The molecule has 0 aliphatic carbocycles. The van der Waals surface area contributed by atoms with E-state index < -0.39 is 0 Å². The molecule has 0 N–H and O–H groups in total. The molecular weight excluding hydrogens is 314 g/mol. The van der Waals surface area contributed by atoms with Crippen molar-refractivity contribution in [3.8, 4) is 5.75 Å². The molecule has 0 amide bonds. The lowest BCUT2D eigenvalue weighted by molar-refractivity contribution is 0.250. The van der Waals surface area contributed by atoms with E-state index >= 15 is 0 Å². The normalized spacial score (nSPS) is 11.5. The second-order valence-corrected chi connectivity index (χ2v) is 6.27. The molecule has 1 heterocycles. The van der Waals surface area contributed by atoms with Gasteiger partial charge >= 0.3 is 5.63 Å². The standard InChI is InChI=1S/C21H25NO3/c1-4-22(5-2)12-7-13-24-19-9-6-8-18-17(19)11-10-16-15(3)14-20(23)25-21(16)18/h6,8-11,14H,4-5,7,12-13H2,1-3H3. The van der Waals surface area contributed by atoms with Crippen molar-refractivity contribution in [1.29, 1.82) is 0 Å². The van der Waals surface area contributed by atoms with E-state index in [-0.39, 0.29) is 5.63 Å². The van der Waals surface area contributed by atoms with Crippen molar-refractivity contribution in [2.24, 2.45) is 0 Å². The molecule has 0 saturated carbocycles. The van der Waals surface area contributed by atoms with Crippen LogP contribution in [0.5, 0.6) is 5.75 Å². The lowest BCUT2D eigenvalue weighted by Crippen LogP contribution is -2.25. The molecule has 1 aromatic heterocycles. The number of ether oxygens (including phenoxy) is 1. The monoisotopic (exact) mass is 339 g/mol. The third-order valence-corrected chi connectivity index (χ3v) is 4.70. The lowest BCUT2D eigenvalue weighted by Gasteiger charge is -2.18. The Labute approximate surface area is 148 Å².